The molecule has 1 aliphatic heterocycles. The topological polar surface area (TPSA) is 95.9 Å². The Kier molecular flexibility index (Phi) is 3.88. The van der Waals surface area contributed by atoms with E-state index in [9.17, 15) is 23.0 Å². The van der Waals surface area contributed by atoms with E-state index >= 15 is 0 Å². The summed E-state index contributed by atoms with van der Waals surface area (Å²) in [7, 11) is -3.98. The molecule has 2 unspecified atom stereocenters. The molecule has 8 heteroatoms. The predicted octanol–water partition coefficient (Wildman–Crippen LogP) is 1.36. The molecule has 142 valence electrons. The van der Waals surface area contributed by atoms with Crippen LogP contribution in [0, 0.1) is 18.7 Å². The molecule has 0 aromatic heterocycles. The Balaban J connectivity index is 1.70. The highest BCUT2D eigenvalue weighted by Gasteiger charge is 2.62. The van der Waals surface area contributed by atoms with E-state index in [4.69, 9.17) is 4.74 Å². The molecule has 4 rings (SSSR count). The first-order valence-electron chi connectivity index (χ1n) is 8.64. The van der Waals surface area contributed by atoms with E-state index in [1.807, 2.05) is 0 Å². The summed E-state index contributed by atoms with van der Waals surface area (Å²) in [6.07, 6.45) is 1.52. The fourth-order valence-electron chi connectivity index (χ4n) is 4.61. The summed E-state index contributed by atoms with van der Waals surface area (Å²) < 4.78 is 47.4. The van der Waals surface area contributed by atoms with Gasteiger partial charge in [0.1, 0.15) is 11.4 Å². The van der Waals surface area contributed by atoms with Crippen LogP contribution in [0.15, 0.2) is 34.7 Å². The first-order valence-corrected chi connectivity index (χ1v) is 10.1. The fraction of sp³-hybridized carbons (Fsp3) is 0.556. The number of sulfonamides is 1. The zero-order valence-corrected chi connectivity index (χ0v) is 15.4. The summed E-state index contributed by atoms with van der Waals surface area (Å²) >= 11 is 0. The Morgan fingerprint density at radius 3 is 2.77 bits per heavy atom. The van der Waals surface area contributed by atoms with E-state index in [1.165, 1.54) is 12.1 Å². The molecular formula is C18H22FNO5S. The minimum Gasteiger partial charge on any atom is -0.382 e. The van der Waals surface area contributed by atoms with Crippen LogP contribution in [0.2, 0.25) is 0 Å². The molecule has 1 aromatic carbocycles. The van der Waals surface area contributed by atoms with Crippen LogP contribution in [0.25, 0.3) is 0 Å². The molecule has 1 heterocycles. The Morgan fingerprint density at radius 1 is 1.35 bits per heavy atom. The van der Waals surface area contributed by atoms with Gasteiger partial charge in [0, 0.05) is 11.1 Å². The van der Waals surface area contributed by atoms with Crippen molar-refractivity contribution in [3.8, 4) is 0 Å². The first-order chi connectivity index (χ1) is 12.1. The minimum absolute atomic E-state index is 0.159. The molecule has 0 bridgehead atoms. The summed E-state index contributed by atoms with van der Waals surface area (Å²) in [5.41, 5.74) is -1.57. The molecule has 1 saturated carbocycles. The monoisotopic (exact) mass is 383 g/mol. The van der Waals surface area contributed by atoms with Gasteiger partial charge in [-0.2, -0.15) is 0 Å². The average molecular weight is 383 g/mol. The van der Waals surface area contributed by atoms with Crippen molar-refractivity contribution in [2.24, 2.45) is 5.92 Å². The van der Waals surface area contributed by atoms with Crippen molar-refractivity contribution in [1.82, 2.24) is 4.72 Å². The maximum Gasteiger partial charge on any atom is 0.241 e. The van der Waals surface area contributed by atoms with Crippen molar-refractivity contribution >= 4 is 10.0 Å². The molecule has 3 N–H and O–H groups in total. The standard InChI is InChI=1S/C18H22FNO5S/c1-10-3-5-12(7-14(10)19)26(23,24)20-17(2)8-11-4-6-15-18(11,22)13(9-17)16(21)25-15/h3,5,7,9,11,15-16,20-22H,4,6,8H2,1-2H3/t11?,15-,16?,17-,18+/m1/s1. The number of halogens is 1. The van der Waals surface area contributed by atoms with Gasteiger partial charge in [0.05, 0.1) is 11.0 Å². The Labute approximate surface area is 151 Å². The number of ether oxygens (including phenoxy) is 1. The Bertz CT molecular complexity index is 901. The van der Waals surface area contributed by atoms with Crippen molar-refractivity contribution in [2.75, 3.05) is 0 Å². The number of aliphatic hydroxyl groups is 2. The van der Waals surface area contributed by atoms with Gasteiger partial charge in [0.15, 0.2) is 6.29 Å². The predicted molar refractivity (Wildman–Crippen MR) is 91.1 cm³/mol. The van der Waals surface area contributed by atoms with Crippen LogP contribution < -0.4 is 4.72 Å². The molecule has 1 saturated heterocycles. The lowest BCUT2D eigenvalue weighted by Crippen LogP contribution is -2.54. The molecule has 2 fully saturated rings. The van der Waals surface area contributed by atoms with Crippen molar-refractivity contribution in [1.29, 1.82) is 0 Å². The largest absolute Gasteiger partial charge is 0.382 e. The number of hydrogen-bond acceptors (Lipinski definition) is 5. The van der Waals surface area contributed by atoms with Crippen molar-refractivity contribution in [2.45, 2.75) is 61.5 Å². The molecule has 1 aromatic rings. The lowest BCUT2D eigenvalue weighted by molar-refractivity contribution is -0.0977. The van der Waals surface area contributed by atoms with Gasteiger partial charge < -0.3 is 14.9 Å². The Hall–Kier alpha value is -1.32. The SMILES string of the molecule is Cc1ccc(S(=O)(=O)N[C@@]2(C)C=C3C(O)O[C@@H]4CCC(C2)[C@]34O)cc1F. The van der Waals surface area contributed by atoms with Gasteiger partial charge in [-0.15, -0.1) is 0 Å². The molecule has 6 nitrogen and oxygen atoms in total. The first kappa shape index (κ1) is 18.1. The van der Waals surface area contributed by atoms with Crippen LogP contribution in [0.3, 0.4) is 0 Å². The third kappa shape index (κ3) is 2.55. The molecule has 3 aliphatic rings. The molecule has 0 spiro atoms. The number of hydrogen-bond donors (Lipinski definition) is 3. The maximum atomic E-state index is 13.8. The highest BCUT2D eigenvalue weighted by molar-refractivity contribution is 7.89. The fourth-order valence-corrected chi connectivity index (χ4v) is 5.99. The number of aryl methyl sites for hydroxylation is 1. The smallest absolute Gasteiger partial charge is 0.241 e. The molecule has 26 heavy (non-hydrogen) atoms. The molecular weight excluding hydrogens is 361 g/mol. The molecule has 2 aliphatic carbocycles. The number of benzene rings is 1. The van der Waals surface area contributed by atoms with E-state index in [0.29, 0.717) is 30.4 Å². The van der Waals surface area contributed by atoms with Gasteiger partial charge in [-0.25, -0.2) is 17.5 Å². The zero-order chi connectivity index (χ0) is 18.9. The normalized spacial score (nSPS) is 39.0. The van der Waals surface area contributed by atoms with Crippen LogP contribution >= 0.6 is 0 Å². The number of nitrogens with one attached hydrogen (secondary N) is 1. The van der Waals surface area contributed by atoms with Gasteiger partial charge in [-0.05, 0) is 56.7 Å². The maximum absolute atomic E-state index is 13.8. The Morgan fingerprint density at radius 2 is 2.08 bits per heavy atom. The highest BCUT2D eigenvalue weighted by atomic mass is 32.2. The van der Waals surface area contributed by atoms with Crippen molar-refractivity contribution < 1.29 is 27.8 Å². The second-order valence-electron chi connectivity index (χ2n) is 7.81. The summed E-state index contributed by atoms with van der Waals surface area (Å²) in [5, 5.41) is 21.2. The summed E-state index contributed by atoms with van der Waals surface area (Å²) in [5.74, 6) is -0.806. The zero-order valence-electron chi connectivity index (χ0n) is 14.6. The quantitative estimate of drug-likeness (QED) is 0.685. The van der Waals surface area contributed by atoms with Gasteiger partial charge >= 0.3 is 0 Å². The van der Waals surface area contributed by atoms with E-state index in [-0.39, 0.29) is 10.8 Å². The van der Waals surface area contributed by atoms with Crippen LogP contribution in [0.5, 0.6) is 0 Å². The van der Waals surface area contributed by atoms with Gasteiger partial charge in [-0.3, -0.25) is 0 Å². The van der Waals surface area contributed by atoms with Gasteiger partial charge in [-0.1, -0.05) is 12.1 Å². The van der Waals surface area contributed by atoms with E-state index < -0.39 is 39.4 Å². The number of rotatable bonds is 3. The highest BCUT2D eigenvalue weighted by Crippen LogP contribution is 2.55. The summed E-state index contributed by atoms with van der Waals surface area (Å²) in [4.78, 5) is -0.159. The van der Waals surface area contributed by atoms with E-state index in [2.05, 4.69) is 4.72 Å². The van der Waals surface area contributed by atoms with Crippen molar-refractivity contribution in [3.63, 3.8) is 0 Å². The van der Waals surface area contributed by atoms with E-state index in [0.717, 1.165) is 6.07 Å². The van der Waals surface area contributed by atoms with E-state index in [1.54, 1.807) is 19.9 Å². The van der Waals surface area contributed by atoms with Gasteiger partial charge in [0.2, 0.25) is 10.0 Å². The minimum atomic E-state index is -3.98. The second-order valence-corrected chi connectivity index (χ2v) is 9.50. The average Bonchev–Trinajstić information content (AvgIpc) is 2.97. The molecule has 0 amide bonds. The third-order valence-electron chi connectivity index (χ3n) is 5.88. The lowest BCUT2D eigenvalue weighted by Gasteiger charge is -2.42. The number of aliphatic hydroxyl groups excluding tert-OH is 1. The molecule has 5 atom stereocenters. The van der Waals surface area contributed by atoms with Crippen LogP contribution in [0.4, 0.5) is 4.39 Å². The van der Waals surface area contributed by atoms with Crippen molar-refractivity contribution in [3.05, 3.63) is 41.2 Å². The molecule has 0 radical (unpaired) electrons. The second kappa shape index (κ2) is 5.59. The lowest BCUT2D eigenvalue weighted by atomic mass is 9.70. The van der Waals surface area contributed by atoms with Crippen LogP contribution in [-0.2, 0) is 14.8 Å². The summed E-state index contributed by atoms with van der Waals surface area (Å²) in [6, 6.07) is 3.77. The van der Waals surface area contributed by atoms with Gasteiger partial charge in [0.25, 0.3) is 0 Å². The summed E-state index contributed by atoms with van der Waals surface area (Å²) in [6.45, 7) is 3.25. The third-order valence-corrected chi connectivity index (χ3v) is 7.49. The van der Waals surface area contributed by atoms with Crippen LogP contribution in [-0.4, -0.2) is 42.2 Å². The van der Waals surface area contributed by atoms with Crippen LogP contribution in [0.1, 0.15) is 31.7 Å².